The second-order valence-electron chi connectivity index (χ2n) is 9.94. The van der Waals surface area contributed by atoms with E-state index in [4.69, 9.17) is 9.98 Å². The van der Waals surface area contributed by atoms with Crippen molar-refractivity contribution in [1.82, 2.24) is 0 Å². The van der Waals surface area contributed by atoms with E-state index in [-0.39, 0.29) is 12.1 Å². The van der Waals surface area contributed by atoms with Crippen molar-refractivity contribution in [1.29, 1.82) is 0 Å². The van der Waals surface area contributed by atoms with Crippen LogP contribution in [0.15, 0.2) is 34.3 Å². The predicted octanol–water partition coefficient (Wildman–Crippen LogP) is 7.25. The Morgan fingerprint density at radius 1 is 0.765 bits per heavy atom. The van der Waals surface area contributed by atoms with Crippen molar-refractivity contribution in [3.8, 4) is 11.5 Å². The Morgan fingerprint density at radius 3 is 1.62 bits per heavy atom. The topological polar surface area (TPSA) is 65.2 Å². The molecular weight excluding hydrogens is 420 g/mol. The van der Waals surface area contributed by atoms with Gasteiger partial charge in [-0.25, -0.2) is 0 Å². The Hall–Kier alpha value is -2.62. The van der Waals surface area contributed by atoms with Gasteiger partial charge in [0.2, 0.25) is 0 Å². The van der Waals surface area contributed by atoms with Gasteiger partial charge in [0.05, 0.1) is 12.1 Å². The van der Waals surface area contributed by atoms with E-state index in [0.29, 0.717) is 11.5 Å². The van der Waals surface area contributed by atoms with E-state index in [1.807, 2.05) is 26.3 Å². The summed E-state index contributed by atoms with van der Waals surface area (Å²) in [6.45, 7) is 8.32. The lowest BCUT2D eigenvalue weighted by Crippen LogP contribution is -2.21. The highest BCUT2D eigenvalue weighted by Gasteiger charge is 2.20. The number of rotatable bonds is 10. The van der Waals surface area contributed by atoms with Crippen LogP contribution in [-0.4, -0.2) is 34.7 Å². The number of aliphatic imine (C=N–C) groups is 2. The van der Waals surface area contributed by atoms with Crippen molar-refractivity contribution < 1.29 is 10.2 Å². The summed E-state index contributed by atoms with van der Waals surface area (Å²) in [6.07, 6.45) is 14.5. The average Bonchev–Trinajstić information content (AvgIpc) is 2.83. The standard InChI is InChI=1S/C30H42N2O2/c1-5-7-10-23-14-21(3)29(33)25(16-23)19-31-27-12-9-13-28(18-27)32-20-26-17-24(11-8-6-2)15-22(4)30(26)34/h14-17,19-20,27-28,33-34H,5-13,18H2,1-4H3. The number of nitrogens with zero attached hydrogens (tertiary/aromatic N) is 2. The largest absolute Gasteiger partial charge is 0.507 e. The lowest BCUT2D eigenvalue weighted by Gasteiger charge is -2.24. The van der Waals surface area contributed by atoms with Gasteiger partial charge in [0.1, 0.15) is 11.5 Å². The molecule has 3 rings (SSSR count). The fourth-order valence-corrected chi connectivity index (χ4v) is 4.80. The first-order valence-electron chi connectivity index (χ1n) is 13.1. The number of unbranched alkanes of at least 4 members (excludes halogenated alkanes) is 2. The summed E-state index contributed by atoms with van der Waals surface area (Å²) in [5, 5.41) is 21.1. The van der Waals surface area contributed by atoms with E-state index in [1.54, 1.807) is 0 Å². The number of phenols is 2. The minimum Gasteiger partial charge on any atom is -0.507 e. The molecule has 0 amide bonds. The van der Waals surface area contributed by atoms with E-state index >= 15 is 0 Å². The molecule has 34 heavy (non-hydrogen) atoms. The zero-order valence-electron chi connectivity index (χ0n) is 21.5. The van der Waals surface area contributed by atoms with Crippen LogP contribution < -0.4 is 0 Å². The van der Waals surface area contributed by atoms with E-state index in [1.165, 1.54) is 11.1 Å². The van der Waals surface area contributed by atoms with Crippen molar-refractivity contribution in [2.45, 2.75) is 104 Å². The molecule has 2 N–H and O–H groups in total. The highest BCUT2D eigenvalue weighted by atomic mass is 16.3. The van der Waals surface area contributed by atoms with Gasteiger partial charge in [-0.1, -0.05) is 38.8 Å². The van der Waals surface area contributed by atoms with Gasteiger partial charge >= 0.3 is 0 Å². The molecule has 1 fully saturated rings. The van der Waals surface area contributed by atoms with Gasteiger partial charge in [-0.15, -0.1) is 0 Å². The van der Waals surface area contributed by atoms with Crippen LogP contribution in [0.5, 0.6) is 11.5 Å². The molecule has 0 aliphatic heterocycles. The minimum atomic E-state index is 0.209. The number of aryl methyl sites for hydroxylation is 4. The SMILES string of the molecule is CCCCc1cc(C)c(O)c(C=NC2CCCC(N=Cc3cc(CCCC)cc(C)c3O)C2)c1. The van der Waals surface area contributed by atoms with Crippen LogP contribution in [0.4, 0.5) is 0 Å². The zero-order chi connectivity index (χ0) is 24.5. The molecule has 1 aliphatic rings. The van der Waals surface area contributed by atoms with Crippen molar-refractivity contribution in [2.75, 3.05) is 0 Å². The Bertz CT molecular complexity index is 930. The van der Waals surface area contributed by atoms with Crippen molar-refractivity contribution in [3.63, 3.8) is 0 Å². The van der Waals surface area contributed by atoms with Crippen LogP contribution in [0.3, 0.4) is 0 Å². The van der Waals surface area contributed by atoms with Crippen LogP contribution in [0.1, 0.15) is 98.6 Å². The fourth-order valence-electron chi connectivity index (χ4n) is 4.80. The van der Waals surface area contributed by atoms with E-state index in [0.717, 1.165) is 86.5 Å². The molecule has 4 heteroatoms. The van der Waals surface area contributed by atoms with Crippen LogP contribution in [0, 0.1) is 13.8 Å². The van der Waals surface area contributed by atoms with Crippen LogP contribution in [0.25, 0.3) is 0 Å². The summed E-state index contributed by atoms with van der Waals surface area (Å²) in [5.41, 5.74) is 6.00. The Kier molecular flexibility index (Phi) is 9.74. The summed E-state index contributed by atoms with van der Waals surface area (Å²) in [4.78, 5) is 9.71. The number of hydrogen-bond donors (Lipinski definition) is 2. The summed E-state index contributed by atoms with van der Waals surface area (Å²) < 4.78 is 0. The van der Waals surface area contributed by atoms with Crippen molar-refractivity contribution in [3.05, 3.63) is 57.6 Å². The highest BCUT2D eigenvalue weighted by molar-refractivity contribution is 5.85. The maximum atomic E-state index is 10.5. The van der Waals surface area contributed by atoms with Gasteiger partial charge in [0.15, 0.2) is 0 Å². The average molecular weight is 463 g/mol. The van der Waals surface area contributed by atoms with Gasteiger partial charge in [0.25, 0.3) is 0 Å². The molecule has 0 heterocycles. The third kappa shape index (κ3) is 7.19. The molecule has 2 aromatic rings. The quantitative estimate of drug-likeness (QED) is 0.365. The lowest BCUT2D eigenvalue weighted by atomic mass is 9.91. The molecular formula is C30H42N2O2. The van der Waals surface area contributed by atoms with Crippen molar-refractivity contribution in [2.24, 2.45) is 9.98 Å². The molecule has 1 aliphatic carbocycles. The molecule has 0 radical (unpaired) electrons. The second-order valence-corrected chi connectivity index (χ2v) is 9.94. The monoisotopic (exact) mass is 462 g/mol. The molecule has 0 bridgehead atoms. The zero-order valence-corrected chi connectivity index (χ0v) is 21.5. The maximum Gasteiger partial charge on any atom is 0.127 e. The van der Waals surface area contributed by atoms with Gasteiger partial charge < -0.3 is 10.2 Å². The number of aromatic hydroxyl groups is 2. The molecule has 2 unspecified atom stereocenters. The number of benzene rings is 2. The first kappa shape index (κ1) is 26.0. The third-order valence-electron chi connectivity index (χ3n) is 6.89. The van der Waals surface area contributed by atoms with Crippen molar-refractivity contribution >= 4 is 12.4 Å². The molecule has 184 valence electrons. The van der Waals surface area contributed by atoms with Gasteiger partial charge in [-0.2, -0.15) is 0 Å². The van der Waals surface area contributed by atoms with Crippen LogP contribution in [0.2, 0.25) is 0 Å². The maximum absolute atomic E-state index is 10.5. The molecule has 4 nitrogen and oxygen atoms in total. The second kappa shape index (κ2) is 12.7. The predicted molar refractivity (Wildman–Crippen MR) is 144 cm³/mol. The number of hydrogen-bond acceptors (Lipinski definition) is 4. The fraction of sp³-hybridized carbons (Fsp3) is 0.533. The van der Waals surface area contributed by atoms with E-state index < -0.39 is 0 Å². The highest BCUT2D eigenvalue weighted by Crippen LogP contribution is 2.28. The summed E-state index contributed by atoms with van der Waals surface area (Å²) in [6, 6.07) is 8.75. The Morgan fingerprint density at radius 2 is 1.21 bits per heavy atom. The minimum absolute atomic E-state index is 0.209. The van der Waals surface area contributed by atoms with E-state index in [2.05, 4.69) is 38.1 Å². The first-order valence-corrected chi connectivity index (χ1v) is 13.1. The molecule has 0 saturated heterocycles. The molecule has 1 saturated carbocycles. The normalized spacial score (nSPS) is 18.8. The summed E-state index contributed by atoms with van der Waals surface area (Å²) in [5.74, 6) is 0.673. The molecule has 2 aromatic carbocycles. The summed E-state index contributed by atoms with van der Waals surface area (Å²) >= 11 is 0. The Balaban J connectivity index is 1.68. The molecule has 0 aromatic heterocycles. The lowest BCUT2D eigenvalue weighted by molar-refractivity contribution is 0.397. The molecule has 2 atom stereocenters. The molecule has 0 spiro atoms. The van der Waals surface area contributed by atoms with Gasteiger partial charge in [-0.05, 0) is 99.6 Å². The van der Waals surface area contributed by atoms with E-state index in [9.17, 15) is 10.2 Å². The van der Waals surface area contributed by atoms with Gasteiger partial charge in [-0.3, -0.25) is 9.98 Å². The number of phenolic OH excluding ortho intramolecular Hbond substituents is 2. The van der Waals surface area contributed by atoms with Gasteiger partial charge in [0, 0.05) is 23.6 Å². The van der Waals surface area contributed by atoms with Crippen LogP contribution in [-0.2, 0) is 12.8 Å². The smallest absolute Gasteiger partial charge is 0.127 e. The Labute approximate surface area is 205 Å². The van der Waals surface area contributed by atoms with Crippen LogP contribution >= 0.6 is 0 Å². The first-order chi connectivity index (χ1) is 16.4. The third-order valence-corrected chi connectivity index (χ3v) is 6.89. The summed E-state index contributed by atoms with van der Waals surface area (Å²) in [7, 11) is 0.